The maximum Gasteiger partial charge on any atom is 0.337 e. The van der Waals surface area contributed by atoms with Gasteiger partial charge in [-0.2, -0.15) is 0 Å². The second-order valence-corrected chi connectivity index (χ2v) is 6.67. The largest absolute Gasteiger partial charge is 0.465 e. The number of hydrogen-bond donors (Lipinski definition) is 1. The van der Waals surface area contributed by atoms with E-state index in [9.17, 15) is 9.59 Å². The number of amides is 1. The van der Waals surface area contributed by atoms with E-state index in [1.165, 1.54) is 13.3 Å². The lowest BCUT2D eigenvalue weighted by molar-refractivity contribution is 0.0600. The third-order valence-electron chi connectivity index (χ3n) is 4.51. The van der Waals surface area contributed by atoms with E-state index in [0.29, 0.717) is 11.3 Å². The number of esters is 1. The number of nitrogens with one attached hydrogen (secondary N) is 1. The maximum atomic E-state index is 12.7. The number of rotatable bonds is 4. The first-order valence-corrected chi connectivity index (χ1v) is 8.95. The number of ether oxygens (including phenoxy) is 1. The van der Waals surface area contributed by atoms with Crippen LogP contribution in [0.15, 0.2) is 36.5 Å². The normalized spacial score (nSPS) is 14.7. The van der Waals surface area contributed by atoms with Gasteiger partial charge in [-0.15, -0.1) is 0 Å². The van der Waals surface area contributed by atoms with Crippen molar-refractivity contribution in [1.29, 1.82) is 0 Å². The Bertz CT molecular complexity index is 851. The second kappa shape index (κ2) is 8.37. The third-order valence-corrected chi connectivity index (χ3v) is 4.81. The van der Waals surface area contributed by atoms with Gasteiger partial charge >= 0.3 is 5.97 Å². The van der Waals surface area contributed by atoms with Gasteiger partial charge in [-0.1, -0.05) is 11.6 Å². The molecule has 27 heavy (non-hydrogen) atoms. The third kappa shape index (κ3) is 4.37. The zero-order valence-corrected chi connectivity index (χ0v) is 16.0. The Morgan fingerprint density at radius 2 is 1.93 bits per heavy atom. The predicted octanol–water partition coefficient (Wildman–Crippen LogP) is 2.53. The molecule has 1 saturated heterocycles. The molecule has 1 aromatic heterocycles. The first kappa shape index (κ1) is 19.1. The number of benzene rings is 1. The molecular weight excluding hydrogens is 368 g/mol. The van der Waals surface area contributed by atoms with E-state index in [-0.39, 0.29) is 16.6 Å². The maximum absolute atomic E-state index is 12.7. The fourth-order valence-corrected chi connectivity index (χ4v) is 3.15. The number of methoxy groups -OCH3 is 1. The van der Waals surface area contributed by atoms with Crippen LogP contribution in [0.25, 0.3) is 0 Å². The van der Waals surface area contributed by atoms with E-state index in [0.717, 1.165) is 31.9 Å². The first-order valence-electron chi connectivity index (χ1n) is 8.57. The molecule has 0 saturated carbocycles. The Kier molecular flexibility index (Phi) is 5.93. The van der Waals surface area contributed by atoms with Crippen LogP contribution < -0.4 is 10.2 Å². The van der Waals surface area contributed by atoms with Crippen molar-refractivity contribution in [3.8, 4) is 0 Å². The number of pyridine rings is 1. The molecule has 2 heterocycles. The Morgan fingerprint density at radius 1 is 1.19 bits per heavy atom. The smallest absolute Gasteiger partial charge is 0.337 e. The zero-order valence-electron chi connectivity index (χ0n) is 15.2. The molecule has 0 aliphatic carbocycles. The molecule has 7 nitrogen and oxygen atoms in total. The molecular formula is C19H21ClN4O3. The standard InChI is InChI=1S/C19H21ClN4O3/c1-23-8-10-24(11-9-23)16-6-5-13(19(26)27-2)12-15(16)22-18(25)14-4-3-7-21-17(14)20/h3-7,12H,8-11H2,1-2H3,(H,22,25). The highest BCUT2D eigenvalue weighted by Gasteiger charge is 2.21. The van der Waals surface area contributed by atoms with Crippen molar-refractivity contribution in [3.05, 3.63) is 52.8 Å². The number of carbonyl (C=O) groups is 2. The van der Waals surface area contributed by atoms with Gasteiger partial charge in [0.1, 0.15) is 5.15 Å². The quantitative estimate of drug-likeness (QED) is 0.640. The molecule has 1 N–H and O–H groups in total. The van der Waals surface area contributed by atoms with Gasteiger partial charge in [0.05, 0.1) is 29.6 Å². The summed E-state index contributed by atoms with van der Waals surface area (Å²) in [6, 6.07) is 8.41. The van der Waals surface area contributed by atoms with Crippen molar-refractivity contribution in [2.24, 2.45) is 0 Å². The van der Waals surface area contributed by atoms with Crippen LogP contribution in [0.1, 0.15) is 20.7 Å². The molecule has 142 valence electrons. The molecule has 0 atom stereocenters. The molecule has 0 unspecified atom stereocenters. The van der Waals surface area contributed by atoms with Gasteiger partial charge in [-0.25, -0.2) is 9.78 Å². The molecule has 0 spiro atoms. The average Bonchev–Trinajstić information content (AvgIpc) is 2.68. The summed E-state index contributed by atoms with van der Waals surface area (Å²) < 4.78 is 4.80. The predicted molar refractivity (Wildman–Crippen MR) is 105 cm³/mol. The zero-order chi connectivity index (χ0) is 19.4. The molecule has 0 bridgehead atoms. The Hall–Kier alpha value is -2.64. The van der Waals surface area contributed by atoms with Crippen molar-refractivity contribution in [2.75, 3.05) is 50.6 Å². The van der Waals surface area contributed by atoms with E-state index in [4.69, 9.17) is 16.3 Å². The minimum Gasteiger partial charge on any atom is -0.465 e. The first-order chi connectivity index (χ1) is 13.0. The number of anilines is 2. The molecule has 2 aromatic rings. The highest BCUT2D eigenvalue weighted by molar-refractivity contribution is 6.33. The summed E-state index contributed by atoms with van der Waals surface area (Å²) in [5, 5.41) is 2.99. The summed E-state index contributed by atoms with van der Waals surface area (Å²) >= 11 is 6.03. The SMILES string of the molecule is COC(=O)c1ccc(N2CCN(C)CC2)c(NC(=O)c2cccnc2Cl)c1. The summed E-state index contributed by atoms with van der Waals surface area (Å²) in [5.74, 6) is -0.847. The van der Waals surface area contributed by atoms with Gasteiger partial charge in [0.25, 0.3) is 5.91 Å². The molecule has 1 aliphatic rings. The van der Waals surface area contributed by atoms with Crippen LogP contribution in [0, 0.1) is 0 Å². The monoisotopic (exact) mass is 388 g/mol. The molecule has 1 aliphatic heterocycles. The highest BCUT2D eigenvalue weighted by Crippen LogP contribution is 2.29. The lowest BCUT2D eigenvalue weighted by Gasteiger charge is -2.35. The van der Waals surface area contributed by atoms with Crippen LogP contribution in [0.2, 0.25) is 5.15 Å². The van der Waals surface area contributed by atoms with Crippen molar-refractivity contribution < 1.29 is 14.3 Å². The number of likely N-dealkylation sites (N-methyl/N-ethyl adjacent to an activating group) is 1. The Labute approximate surface area is 162 Å². The van der Waals surface area contributed by atoms with Gasteiger partial charge in [-0.3, -0.25) is 4.79 Å². The van der Waals surface area contributed by atoms with Crippen molar-refractivity contribution >= 4 is 34.9 Å². The number of halogens is 1. The van der Waals surface area contributed by atoms with Gasteiger partial charge in [-0.05, 0) is 37.4 Å². The van der Waals surface area contributed by atoms with E-state index in [2.05, 4.69) is 27.1 Å². The second-order valence-electron chi connectivity index (χ2n) is 6.31. The van der Waals surface area contributed by atoms with Crippen LogP contribution in [0.5, 0.6) is 0 Å². The molecule has 8 heteroatoms. The fourth-order valence-electron chi connectivity index (χ4n) is 2.95. The summed E-state index contributed by atoms with van der Waals surface area (Å²) in [5.41, 5.74) is 2.02. The van der Waals surface area contributed by atoms with E-state index in [1.807, 2.05) is 6.07 Å². The van der Waals surface area contributed by atoms with Crippen molar-refractivity contribution in [3.63, 3.8) is 0 Å². The summed E-state index contributed by atoms with van der Waals surface area (Å²) in [6.07, 6.45) is 1.52. The molecule has 0 radical (unpaired) electrons. The van der Waals surface area contributed by atoms with Crippen LogP contribution in [0.4, 0.5) is 11.4 Å². The van der Waals surface area contributed by atoms with Gasteiger partial charge in [0.2, 0.25) is 0 Å². The van der Waals surface area contributed by atoms with Crippen molar-refractivity contribution in [1.82, 2.24) is 9.88 Å². The minimum absolute atomic E-state index is 0.125. The molecule has 1 aromatic carbocycles. The van der Waals surface area contributed by atoms with Crippen LogP contribution in [0.3, 0.4) is 0 Å². The fraction of sp³-hybridized carbons (Fsp3) is 0.316. The number of carbonyl (C=O) groups excluding carboxylic acids is 2. The van der Waals surface area contributed by atoms with E-state index in [1.54, 1.807) is 24.3 Å². The van der Waals surface area contributed by atoms with Crippen LogP contribution in [-0.4, -0.2) is 62.1 Å². The topological polar surface area (TPSA) is 74.8 Å². The Morgan fingerprint density at radius 3 is 2.59 bits per heavy atom. The molecule has 1 fully saturated rings. The highest BCUT2D eigenvalue weighted by atomic mass is 35.5. The molecule has 1 amide bonds. The van der Waals surface area contributed by atoms with Crippen molar-refractivity contribution in [2.45, 2.75) is 0 Å². The van der Waals surface area contributed by atoms with Crippen LogP contribution >= 0.6 is 11.6 Å². The number of aromatic nitrogens is 1. The minimum atomic E-state index is -0.463. The van der Waals surface area contributed by atoms with Crippen LogP contribution in [-0.2, 0) is 4.74 Å². The van der Waals surface area contributed by atoms with Gasteiger partial charge < -0.3 is 19.9 Å². The molecule has 3 rings (SSSR count). The van der Waals surface area contributed by atoms with E-state index >= 15 is 0 Å². The number of hydrogen-bond acceptors (Lipinski definition) is 6. The van der Waals surface area contributed by atoms with Gasteiger partial charge in [0, 0.05) is 32.4 Å². The summed E-state index contributed by atoms with van der Waals surface area (Å²) in [4.78, 5) is 33.0. The Balaban J connectivity index is 1.93. The average molecular weight is 389 g/mol. The summed E-state index contributed by atoms with van der Waals surface area (Å²) in [6.45, 7) is 3.48. The lowest BCUT2D eigenvalue weighted by Crippen LogP contribution is -2.44. The van der Waals surface area contributed by atoms with E-state index < -0.39 is 5.97 Å². The number of nitrogens with zero attached hydrogens (tertiary/aromatic N) is 3. The number of piperazine rings is 1. The van der Waals surface area contributed by atoms with Gasteiger partial charge in [0.15, 0.2) is 0 Å². The summed E-state index contributed by atoms with van der Waals surface area (Å²) in [7, 11) is 3.40. The lowest BCUT2D eigenvalue weighted by atomic mass is 10.1.